The predicted molar refractivity (Wildman–Crippen MR) is 88.4 cm³/mol. The zero-order valence-corrected chi connectivity index (χ0v) is 14.5. The Morgan fingerprint density at radius 1 is 1.30 bits per heavy atom. The lowest BCUT2D eigenvalue weighted by Gasteiger charge is -2.38. The predicted octanol–water partition coefficient (Wildman–Crippen LogP) is 1.96. The largest absolute Gasteiger partial charge is 0.446 e. The van der Waals surface area contributed by atoms with Gasteiger partial charge in [0.2, 0.25) is 0 Å². The molecular weight excluding hydrogens is 292 g/mol. The molecule has 0 aliphatic carbocycles. The number of carbonyl (C=O) groups excluding carboxylic acids is 1. The van der Waals surface area contributed by atoms with Gasteiger partial charge < -0.3 is 19.5 Å². The molecule has 1 N–H and O–H groups in total. The number of nitrogens with one attached hydrogen (secondary N) is 1. The molecule has 2 saturated heterocycles. The Labute approximate surface area is 138 Å². The van der Waals surface area contributed by atoms with Gasteiger partial charge in [-0.1, -0.05) is 0 Å². The van der Waals surface area contributed by atoms with Gasteiger partial charge in [0.15, 0.2) is 5.89 Å². The van der Waals surface area contributed by atoms with E-state index in [0.29, 0.717) is 17.9 Å². The summed E-state index contributed by atoms with van der Waals surface area (Å²) in [7, 11) is 2.19. The minimum atomic E-state index is 0.0629. The summed E-state index contributed by atoms with van der Waals surface area (Å²) in [5.74, 6) is 1.54. The fraction of sp³-hybridized carbons (Fsp3) is 0.765. The van der Waals surface area contributed by atoms with Crippen molar-refractivity contribution < 1.29 is 9.21 Å². The fourth-order valence-corrected chi connectivity index (χ4v) is 4.10. The van der Waals surface area contributed by atoms with E-state index >= 15 is 0 Å². The van der Waals surface area contributed by atoms with Crippen LogP contribution in [0.1, 0.15) is 36.6 Å². The third-order valence-electron chi connectivity index (χ3n) is 5.22. The summed E-state index contributed by atoms with van der Waals surface area (Å²) in [5, 5.41) is 3.03. The third-order valence-corrected chi connectivity index (χ3v) is 5.22. The SMILES string of the molecule is Cc1nc(CCNC(=O)N2CCC3(CCCN(C)C3)C2)c(C)o1. The Kier molecular flexibility index (Phi) is 4.62. The van der Waals surface area contributed by atoms with Gasteiger partial charge in [-0.3, -0.25) is 0 Å². The van der Waals surface area contributed by atoms with E-state index in [1.54, 1.807) is 0 Å². The normalized spacial score (nSPS) is 25.3. The maximum atomic E-state index is 12.4. The van der Waals surface area contributed by atoms with Crippen LogP contribution in [-0.2, 0) is 6.42 Å². The maximum Gasteiger partial charge on any atom is 0.317 e. The second-order valence-electron chi connectivity index (χ2n) is 7.23. The molecule has 6 nitrogen and oxygen atoms in total. The van der Waals surface area contributed by atoms with Gasteiger partial charge in [-0.25, -0.2) is 9.78 Å². The number of likely N-dealkylation sites (tertiary alicyclic amines) is 2. The molecule has 1 unspecified atom stereocenters. The number of rotatable bonds is 3. The smallest absolute Gasteiger partial charge is 0.317 e. The molecule has 23 heavy (non-hydrogen) atoms. The zero-order valence-electron chi connectivity index (χ0n) is 14.5. The number of hydrogen-bond donors (Lipinski definition) is 1. The summed E-state index contributed by atoms with van der Waals surface area (Å²) in [5.41, 5.74) is 1.26. The quantitative estimate of drug-likeness (QED) is 0.925. The summed E-state index contributed by atoms with van der Waals surface area (Å²) in [6.45, 7) is 8.45. The van der Waals surface area contributed by atoms with Crippen molar-refractivity contribution in [3.63, 3.8) is 0 Å². The Hall–Kier alpha value is -1.56. The summed E-state index contributed by atoms with van der Waals surface area (Å²) in [6, 6.07) is 0.0629. The van der Waals surface area contributed by atoms with Crippen molar-refractivity contribution in [2.45, 2.75) is 39.5 Å². The first-order chi connectivity index (χ1) is 11.0. The van der Waals surface area contributed by atoms with Gasteiger partial charge >= 0.3 is 6.03 Å². The number of aryl methyl sites for hydroxylation is 2. The molecule has 3 rings (SSSR count). The van der Waals surface area contributed by atoms with E-state index in [2.05, 4.69) is 22.2 Å². The van der Waals surface area contributed by atoms with Crippen molar-refractivity contribution in [2.75, 3.05) is 39.8 Å². The molecule has 1 spiro atoms. The van der Waals surface area contributed by atoms with Crippen molar-refractivity contribution in [1.82, 2.24) is 20.1 Å². The highest BCUT2D eigenvalue weighted by Crippen LogP contribution is 2.38. The van der Waals surface area contributed by atoms with E-state index in [-0.39, 0.29) is 6.03 Å². The van der Waals surface area contributed by atoms with Crippen LogP contribution >= 0.6 is 0 Å². The Morgan fingerprint density at radius 2 is 2.13 bits per heavy atom. The van der Waals surface area contributed by atoms with Crippen molar-refractivity contribution in [3.8, 4) is 0 Å². The number of carbonyl (C=O) groups is 1. The van der Waals surface area contributed by atoms with Crippen molar-refractivity contribution in [2.24, 2.45) is 5.41 Å². The average molecular weight is 320 g/mol. The molecule has 2 aliphatic heterocycles. The lowest BCUT2D eigenvalue weighted by molar-refractivity contribution is 0.115. The summed E-state index contributed by atoms with van der Waals surface area (Å²) < 4.78 is 5.42. The lowest BCUT2D eigenvalue weighted by atomic mass is 9.79. The molecule has 2 aliphatic rings. The zero-order chi connectivity index (χ0) is 16.4. The topological polar surface area (TPSA) is 61.6 Å². The molecule has 6 heteroatoms. The van der Waals surface area contributed by atoms with E-state index in [1.165, 1.54) is 19.4 Å². The van der Waals surface area contributed by atoms with Crippen LogP contribution in [-0.4, -0.2) is 60.6 Å². The Bertz CT molecular complexity index is 571. The van der Waals surface area contributed by atoms with Gasteiger partial charge in [0, 0.05) is 44.9 Å². The van der Waals surface area contributed by atoms with E-state index < -0.39 is 0 Å². The number of amides is 2. The summed E-state index contributed by atoms with van der Waals surface area (Å²) in [6.07, 6.45) is 4.35. The first-order valence-corrected chi connectivity index (χ1v) is 8.62. The van der Waals surface area contributed by atoms with E-state index in [4.69, 9.17) is 4.42 Å². The number of oxazole rings is 1. The van der Waals surface area contributed by atoms with Crippen LogP contribution in [0.5, 0.6) is 0 Å². The van der Waals surface area contributed by atoms with Crippen LogP contribution in [0.2, 0.25) is 0 Å². The standard InChI is InChI=1S/C17H28N4O2/c1-13-15(19-14(2)23-13)5-8-18-16(22)21-10-7-17(12-21)6-4-9-20(3)11-17/h4-12H2,1-3H3,(H,18,22). The summed E-state index contributed by atoms with van der Waals surface area (Å²) in [4.78, 5) is 21.1. The third kappa shape index (κ3) is 3.68. The van der Waals surface area contributed by atoms with Crippen LogP contribution in [0.4, 0.5) is 4.79 Å². The van der Waals surface area contributed by atoms with Gasteiger partial charge in [-0.2, -0.15) is 0 Å². The molecule has 2 amide bonds. The highest BCUT2D eigenvalue weighted by molar-refractivity contribution is 5.74. The second kappa shape index (κ2) is 6.51. The lowest BCUT2D eigenvalue weighted by Crippen LogP contribution is -2.45. The molecule has 1 atom stereocenters. The van der Waals surface area contributed by atoms with Crippen molar-refractivity contribution in [1.29, 1.82) is 0 Å². The van der Waals surface area contributed by atoms with E-state index in [0.717, 1.165) is 43.9 Å². The van der Waals surface area contributed by atoms with Gasteiger partial charge in [-0.15, -0.1) is 0 Å². The molecule has 0 bridgehead atoms. The first-order valence-electron chi connectivity index (χ1n) is 8.62. The van der Waals surface area contributed by atoms with Crippen LogP contribution < -0.4 is 5.32 Å². The first kappa shape index (κ1) is 16.3. The van der Waals surface area contributed by atoms with Crippen LogP contribution in [0, 0.1) is 19.3 Å². The molecular formula is C17H28N4O2. The molecule has 0 radical (unpaired) electrons. The monoisotopic (exact) mass is 320 g/mol. The molecule has 1 aromatic heterocycles. The van der Waals surface area contributed by atoms with Crippen LogP contribution in [0.15, 0.2) is 4.42 Å². The molecule has 1 aromatic rings. The van der Waals surface area contributed by atoms with E-state index in [1.807, 2.05) is 18.7 Å². The number of aromatic nitrogens is 1. The highest BCUT2D eigenvalue weighted by Gasteiger charge is 2.41. The fourth-order valence-electron chi connectivity index (χ4n) is 4.10. The molecule has 2 fully saturated rings. The minimum absolute atomic E-state index is 0.0629. The van der Waals surface area contributed by atoms with Gasteiger partial charge in [0.05, 0.1) is 5.69 Å². The summed E-state index contributed by atoms with van der Waals surface area (Å²) >= 11 is 0. The van der Waals surface area contributed by atoms with Gasteiger partial charge in [0.1, 0.15) is 5.76 Å². The maximum absolute atomic E-state index is 12.4. The van der Waals surface area contributed by atoms with Crippen molar-refractivity contribution in [3.05, 3.63) is 17.3 Å². The van der Waals surface area contributed by atoms with Crippen LogP contribution in [0.3, 0.4) is 0 Å². The van der Waals surface area contributed by atoms with Crippen molar-refractivity contribution >= 4 is 6.03 Å². The van der Waals surface area contributed by atoms with Gasteiger partial charge in [0.25, 0.3) is 0 Å². The second-order valence-corrected chi connectivity index (χ2v) is 7.23. The number of nitrogens with zero attached hydrogens (tertiary/aromatic N) is 3. The molecule has 128 valence electrons. The van der Waals surface area contributed by atoms with Gasteiger partial charge in [-0.05, 0) is 39.8 Å². The highest BCUT2D eigenvalue weighted by atomic mass is 16.4. The Balaban J connectivity index is 1.47. The van der Waals surface area contributed by atoms with E-state index in [9.17, 15) is 4.79 Å². The number of urea groups is 1. The number of hydrogen-bond acceptors (Lipinski definition) is 4. The Morgan fingerprint density at radius 3 is 2.83 bits per heavy atom. The molecule has 3 heterocycles. The average Bonchev–Trinajstić information content (AvgIpc) is 3.03. The number of piperidine rings is 1. The minimum Gasteiger partial charge on any atom is -0.446 e. The molecule has 0 aromatic carbocycles. The molecule has 0 saturated carbocycles. The van der Waals surface area contributed by atoms with Crippen LogP contribution in [0.25, 0.3) is 0 Å².